The third kappa shape index (κ3) is 3.64. The lowest BCUT2D eigenvalue weighted by molar-refractivity contribution is 0.669. The van der Waals surface area contributed by atoms with Crippen LogP contribution in [0.5, 0.6) is 0 Å². The molecule has 1 aliphatic carbocycles. The van der Waals surface area contributed by atoms with E-state index in [2.05, 4.69) is 17.2 Å². The Morgan fingerprint density at radius 3 is 2.83 bits per heavy atom. The quantitative estimate of drug-likeness (QED) is 0.651. The summed E-state index contributed by atoms with van der Waals surface area (Å²) in [7, 11) is 0. The van der Waals surface area contributed by atoms with E-state index in [-0.39, 0.29) is 6.04 Å². The van der Waals surface area contributed by atoms with Crippen molar-refractivity contribution in [1.29, 1.82) is 0 Å². The Labute approximate surface area is 113 Å². The molecular weight excluding hydrogens is 246 g/mol. The molecule has 1 aromatic carbocycles. The van der Waals surface area contributed by atoms with Crippen molar-refractivity contribution in [3.8, 4) is 0 Å². The van der Waals surface area contributed by atoms with Crippen LogP contribution in [0.3, 0.4) is 0 Å². The zero-order valence-corrected chi connectivity index (χ0v) is 11.5. The topological polar surface area (TPSA) is 50.4 Å². The minimum atomic E-state index is 0.119. The second kappa shape index (κ2) is 6.10. The summed E-state index contributed by atoms with van der Waals surface area (Å²) < 4.78 is 0. The molecule has 18 heavy (non-hydrogen) atoms. The van der Waals surface area contributed by atoms with E-state index in [9.17, 15) is 0 Å². The predicted octanol–water partition coefficient (Wildman–Crippen LogP) is 3.25. The molecule has 0 spiro atoms. The Hall–Kier alpha value is -1.22. The molecular formula is C14H20ClN3. The zero-order chi connectivity index (χ0) is 13.0. The number of rotatable bonds is 3. The van der Waals surface area contributed by atoms with Gasteiger partial charge in [0.25, 0.3) is 0 Å². The fraction of sp³-hybridized carbons (Fsp3) is 0.500. The average molecular weight is 266 g/mol. The van der Waals surface area contributed by atoms with Crippen LogP contribution in [0.4, 0.5) is 0 Å². The minimum Gasteiger partial charge on any atom is -0.370 e. The maximum absolute atomic E-state index is 5.97. The molecule has 0 aliphatic heterocycles. The lowest BCUT2D eigenvalue weighted by atomic mass is 10.1. The third-order valence-corrected chi connectivity index (χ3v) is 3.59. The molecule has 0 aromatic heterocycles. The normalized spacial score (nSPS) is 18.9. The first-order chi connectivity index (χ1) is 8.65. The monoisotopic (exact) mass is 265 g/mol. The molecule has 2 rings (SSSR count). The predicted molar refractivity (Wildman–Crippen MR) is 76.9 cm³/mol. The van der Waals surface area contributed by atoms with Gasteiger partial charge in [-0.2, -0.15) is 0 Å². The van der Waals surface area contributed by atoms with Gasteiger partial charge < -0.3 is 11.1 Å². The van der Waals surface area contributed by atoms with Gasteiger partial charge in [0.05, 0.1) is 12.1 Å². The molecule has 1 saturated carbocycles. The smallest absolute Gasteiger partial charge is 0.189 e. The van der Waals surface area contributed by atoms with Crippen LogP contribution in [-0.2, 0) is 0 Å². The summed E-state index contributed by atoms with van der Waals surface area (Å²) in [6.45, 7) is 2.06. The van der Waals surface area contributed by atoms with Crippen LogP contribution in [0.25, 0.3) is 0 Å². The van der Waals surface area contributed by atoms with Gasteiger partial charge in [0.1, 0.15) is 0 Å². The highest BCUT2D eigenvalue weighted by Gasteiger charge is 2.14. The highest BCUT2D eigenvalue weighted by atomic mass is 35.5. The Morgan fingerprint density at radius 2 is 2.17 bits per heavy atom. The molecule has 0 bridgehead atoms. The first-order valence-corrected chi connectivity index (χ1v) is 6.88. The molecule has 1 aliphatic rings. The van der Waals surface area contributed by atoms with Gasteiger partial charge in [-0.1, -0.05) is 36.6 Å². The number of guanidine groups is 1. The van der Waals surface area contributed by atoms with E-state index >= 15 is 0 Å². The molecule has 0 saturated heterocycles. The van der Waals surface area contributed by atoms with E-state index in [4.69, 9.17) is 17.3 Å². The van der Waals surface area contributed by atoms with Gasteiger partial charge in [-0.05, 0) is 37.5 Å². The summed E-state index contributed by atoms with van der Waals surface area (Å²) in [6, 6.07) is 8.32. The van der Waals surface area contributed by atoms with Gasteiger partial charge in [0.15, 0.2) is 5.96 Å². The maximum atomic E-state index is 5.97. The number of hydrogen-bond donors (Lipinski definition) is 2. The molecule has 1 fully saturated rings. The largest absolute Gasteiger partial charge is 0.370 e. The molecule has 98 valence electrons. The number of aliphatic imine (C=N–C) groups is 1. The minimum absolute atomic E-state index is 0.119. The van der Waals surface area contributed by atoms with Crippen molar-refractivity contribution in [2.75, 3.05) is 0 Å². The lowest BCUT2D eigenvalue weighted by Crippen LogP contribution is -2.34. The van der Waals surface area contributed by atoms with Gasteiger partial charge >= 0.3 is 0 Å². The van der Waals surface area contributed by atoms with Crippen molar-refractivity contribution in [2.45, 2.75) is 44.7 Å². The molecule has 1 aromatic rings. The van der Waals surface area contributed by atoms with Crippen LogP contribution in [0.15, 0.2) is 29.3 Å². The number of nitrogens with one attached hydrogen (secondary N) is 1. The number of hydrogen-bond acceptors (Lipinski definition) is 1. The number of benzene rings is 1. The second-order valence-corrected chi connectivity index (χ2v) is 5.31. The summed E-state index contributed by atoms with van der Waals surface area (Å²) in [5, 5.41) is 3.96. The maximum Gasteiger partial charge on any atom is 0.189 e. The number of halogens is 1. The highest BCUT2D eigenvalue weighted by molar-refractivity contribution is 6.30. The van der Waals surface area contributed by atoms with Crippen molar-refractivity contribution in [1.82, 2.24) is 5.32 Å². The van der Waals surface area contributed by atoms with Crippen LogP contribution < -0.4 is 11.1 Å². The molecule has 1 atom stereocenters. The van der Waals surface area contributed by atoms with Gasteiger partial charge in [-0.25, -0.2) is 0 Å². The summed E-state index contributed by atoms with van der Waals surface area (Å²) in [5.41, 5.74) is 7.05. The lowest BCUT2D eigenvalue weighted by Gasteiger charge is -2.16. The van der Waals surface area contributed by atoms with Crippen molar-refractivity contribution in [3.63, 3.8) is 0 Å². The van der Waals surface area contributed by atoms with Crippen molar-refractivity contribution < 1.29 is 0 Å². The summed E-state index contributed by atoms with van der Waals surface area (Å²) in [4.78, 5) is 4.51. The van der Waals surface area contributed by atoms with Crippen LogP contribution in [0.1, 0.15) is 44.2 Å². The molecule has 1 unspecified atom stereocenters. The molecule has 3 N–H and O–H groups in total. The van der Waals surface area contributed by atoms with Gasteiger partial charge in [-0.3, -0.25) is 4.99 Å². The van der Waals surface area contributed by atoms with E-state index in [1.165, 1.54) is 12.8 Å². The number of nitrogens with zero attached hydrogens (tertiary/aromatic N) is 1. The van der Waals surface area contributed by atoms with Crippen molar-refractivity contribution in [3.05, 3.63) is 34.9 Å². The Bertz CT molecular complexity index is 425. The fourth-order valence-corrected chi connectivity index (χ4v) is 2.55. The van der Waals surface area contributed by atoms with Gasteiger partial charge in [0.2, 0.25) is 0 Å². The van der Waals surface area contributed by atoms with Crippen molar-refractivity contribution in [2.24, 2.45) is 10.7 Å². The summed E-state index contributed by atoms with van der Waals surface area (Å²) in [6.07, 6.45) is 4.86. The summed E-state index contributed by atoms with van der Waals surface area (Å²) >= 11 is 5.97. The second-order valence-electron chi connectivity index (χ2n) is 4.87. The molecule has 4 heteroatoms. The zero-order valence-electron chi connectivity index (χ0n) is 10.7. The Balaban J connectivity index is 1.95. The Morgan fingerprint density at radius 1 is 1.44 bits per heavy atom. The average Bonchev–Trinajstić information content (AvgIpc) is 2.81. The SMILES string of the molecule is CC(NC(N)=NC1CCCC1)c1cccc(Cl)c1. The molecule has 0 amide bonds. The fourth-order valence-electron chi connectivity index (χ4n) is 2.35. The summed E-state index contributed by atoms with van der Waals surface area (Å²) in [5.74, 6) is 0.536. The highest BCUT2D eigenvalue weighted by Crippen LogP contribution is 2.21. The Kier molecular flexibility index (Phi) is 4.48. The molecule has 0 radical (unpaired) electrons. The first-order valence-electron chi connectivity index (χ1n) is 6.50. The standard InChI is InChI=1S/C14H20ClN3/c1-10(11-5-4-6-12(15)9-11)17-14(16)18-13-7-2-3-8-13/h4-6,9-10,13H,2-3,7-8H2,1H3,(H3,16,17,18). The van der Waals surface area contributed by atoms with Crippen LogP contribution >= 0.6 is 11.6 Å². The van der Waals surface area contributed by atoms with E-state index in [0.717, 1.165) is 23.4 Å². The van der Waals surface area contributed by atoms with Crippen LogP contribution in [-0.4, -0.2) is 12.0 Å². The van der Waals surface area contributed by atoms with Gasteiger partial charge in [-0.15, -0.1) is 0 Å². The van der Waals surface area contributed by atoms with Gasteiger partial charge in [0, 0.05) is 5.02 Å². The number of nitrogens with two attached hydrogens (primary N) is 1. The van der Waals surface area contributed by atoms with Crippen LogP contribution in [0.2, 0.25) is 5.02 Å². The van der Waals surface area contributed by atoms with Crippen LogP contribution in [0, 0.1) is 0 Å². The third-order valence-electron chi connectivity index (χ3n) is 3.36. The molecule has 0 heterocycles. The van der Waals surface area contributed by atoms with E-state index < -0.39 is 0 Å². The van der Waals surface area contributed by atoms with E-state index in [1.54, 1.807) is 0 Å². The first kappa shape index (κ1) is 13.2. The van der Waals surface area contributed by atoms with Crippen molar-refractivity contribution >= 4 is 17.6 Å². The van der Waals surface area contributed by atoms with E-state index in [0.29, 0.717) is 12.0 Å². The molecule has 3 nitrogen and oxygen atoms in total. The van der Waals surface area contributed by atoms with E-state index in [1.807, 2.05) is 24.3 Å².